The predicted molar refractivity (Wildman–Crippen MR) is 101 cm³/mol. The molecule has 2 rings (SSSR count). The molecular weight excluding hydrogens is 380 g/mol. The van der Waals surface area contributed by atoms with Gasteiger partial charge in [-0.15, -0.1) is 11.8 Å². The average Bonchev–Trinajstić information content (AvgIpc) is 2.59. The first-order valence-electron chi connectivity index (χ1n) is 7.45. The molecule has 0 aromatic heterocycles. The van der Waals surface area contributed by atoms with Crippen LogP contribution in [-0.2, 0) is 14.8 Å². The van der Waals surface area contributed by atoms with Crippen molar-refractivity contribution >= 4 is 39.3 Å². The van der Waals surface area contributed by atoms with Gasteiger partial charge in [0.15, 0.2) is 0 Å². The molecule has 2 aromatic carbocycles. The molecule has 1 unspecified atom stereocenters. The molecule has 0 bridgehead atoms. The van der Waals surface area contributed by atoms with Crippen molar-refractivity contribution in [3.05, 3.63) is 59.1 Å². The number of benzene rings is 2. The molecule has 1 atom stereocenters. The molecule has 0 saturated heterocycles. The fourth-order valence-electron chi connectivity index (χ4n) is 2.15. The molecule has 0 aliphatic heterocycles. The number of carbonyl (C=O) groups excluding carboxylic acids is 1. The summed E-state index contributed by atoms with van der Waals surface area (Å²) in [5, 5.41) is 5.75. The van der Waals surface area contributed by atoms with Gasteiger partial charge in [-0.3, -0.25) is 4.79 Å². The Morgan fingerprint density at radius 2 is 1.72 bits per heavy atom. The highest BCUT2D eigenvalue weighted by molar-refractivity contribution is 8.00. The van der Waals surface area contributed by atoms with Crippen LogP contribution in [0.2, 0.25) is 5.02 Å². The lowest BCUT2D eigenvalue weighted by Crippen LogP contribution is -2.31. The number of nitrogens with zero attached hydrogens (tertiary/aromatic N) is 1. The topological polar surface area (TPSA) is 80.5 Å². The lowest BCUT2D eigenvalue weighted by atomic mass is 10.1. The van der Waals surface area contributed by atoms with Crippen LogP contribution < -0.4 is 5.14 Å². The number of hydrogen-bond acceptors (Lipinski definition) is 4. The van der Waals surface area contributed by atoms with Crippen molar-refractivity contribution in [2.24, 2.45) is 5.14 Å². The van der Waals surface area contributed by atoms with Crippen molar-refractivity contribution < 1.29 is 13.2 Å². The Morgan fingerprint density at radius 1 is 1.16 bits per heavy atom. The number of hydrogen-bond donors (Lipinski definition) is 1. The zero-order chi connectivity index (χ0) is 18.6. The van der Waals surface area contributed by atoms with E-state index in [0.717, 1.165) is 10.5 Å². The van der Waals surface area contributed by atoms with Crippen LogP contribution in [0.5, 0.6) is 0 Å². The highest BCUT2D eigenvalue weighted by Crippen LogP contribution is 2.24. The zero-order valence-corrected chi connectivity index (χ0v) is 16.2. The van der Waals surface area contributed by atoms with Crippen LogP contribution in [-0.4, -0.2) is 32.0 Å². The molecule has 1 amide bonds. The van der Waals surface area contributed by atoms with E-state index >= 15 is 0 Å². The van der Waals surface area contributed by atoms with Crippen LogP contribution in [0.3, 0.4) is 0 Å². The summed E-state index contributed by atoms with van der Waals surface area (Å²) in [5.41, 5.74) is 0.833. The van der Waals surface area contributed by atoms with E-state index in [4.69, 9.17) is 16.7 Å². The first-order valence-corrected chi connectivity index (χ1v) is 10.4. The summed E-state index contributed by atoms with van der Waals surface area (Å²) in [7, 11) is -1.99. The summed E-state index contributed by atoms with van der Waals surface area (Å²) in [5.74, 6) is 0.278. The van der Waals surface area contributed by atoms with Gasteiger partial charge in [0, 0.05) is 17.0 Å². The van der Waals surface area contributed by atoms with Crippen molar-refractivity contribution in [2.75, 3.05) is 12.8 Å². The van der Waals surface area contributed by atoms with E-state index in [1.165, 1.54) is 23.9 Å². The highest BCUT2D eigenvalue weighted by Gasteiger charge is 2.18. The Bertz CT molecular complexity index is 837. The van der Waals surface area contributed by atoms with E-state index in [0.29, 0.717) is 10.8 Å². The maximum atomic E-state index is 12.4. The van der Waals surface area contributed by atoms with Gasteiger partial charge in [-0.2, -0.15) is 0 Å². The molecule has 0 aliphatic carbocycles. The van der Waals surface area contributed by atoms with Crippen molar-refractivity contribution in [3.8, 4) is 0 Å². The Kier molecular flexibility index (Phi) is 6.51. The highest BCUT2D eigenvalue weighted by atomic mass is 35.5. The standard InChI is InChI=1S/C17H19ClN2O3S2/c1-12(13-3-9-16(10-4-13)25(19,22)23)20(2)17(21)11-24-15-7-5-14(18)6-8-15/h3-10,12H,11H2,1-2H3,(H2,19,22,23). The number of rotatable bonds is 6. The number of nitrogens with two attached hydrogens (primary N) is 1. The third-order valence-electron chi connectivity index (χ3n) is 3.84. The summed E-state index contributed by atoms with van der Waals surface area (Å²) in [6.45, 7) is 1.89. The van der Waals surface area contributed by atoms with Crippen molar-refractivity contribution in [2.45, 2.75) is 22.8 Å². The first kappa shape index (κ1) is 19.8. The first-order chi connectivity index (χ1) is 11.7. The van der Waals surface area contributed by atoms with Gasteiger partial charge in [0.25, 0.3) is 0 Å². The van der Waals surface area contributed by atoms with Crippen LogP contribution >= 0.6 is 23.4 Å². The van der Waals surface area contributed by atoms with E-state index in [-0.39, 0.29) is 16.8 Å². The molecule has 0 spiro atoms. The fraction of sp³-hybridized carbons (Fsp3) is 0.235. The molecule has 5 nitrogen and oxygen atoms in total. The van der Waals surface area contributed by atoms with Gasteiger partial charge < -0.3 is 4.90 Å². The Hall–Kier alpha value is -1.54. The predicted octanol–water partition coefficient (Wildman–Crippen LogP) is 3.30. The molecule has 0 saturated carbocycles. The van der Waals surface area contributed by atoms with E-state index in [1.807, 2.05) is 19.1 Å². The summed E-state index contributed by atoms with van der Waals surface area (Å²) in [6, 6.07) is 13.4. The van der Waals surface area contributed by atoms with Gasteiger partial charge in [-0.25, -0.2) is 13.6 Å². The van der Waals surface area contributed by atoms with Gasteiger partial charge in [0.2, 0.25) is 15.9 Å². The van der Waals surface area contributed by atoms with Crippen LogP contribution in [0, 0.1) is 0 Å². The number of amides is 1. The Morgan fingerprint density at radius 3 is 2.24 bits per heavy atom. The van der Waals surface area contributed by atoms with Gasteiger partial charge in [-0.1, -0.05) is 23.7 Å². The van der Waals surface area contributed by atoms with E-state index in [1.54, 1.807) is 36.2 Å². The summed E-state index contributed by atoms with van der Waals surface area (Å²) in [6.07, 6.45) is 0. The number of halogens is 1. The van der Waals surface area contributed by atoms with E-state index < -0.39 is 10.0 Å². The maximum absolute atomic E-state index is 12.4. The average molecular weight is 399 g/mol. The second-order valence-electron chi connectivity index (χ2n) is 5.54. The monoisotopic (exact) mass is 398 g/mol. The molecule has 0 heterocycles. The fourth-order valence-corrected chi connectivity index (χ4v) is 3.62. The van der Waals surface area contributed by atoms with Crippen molar-refractivity contribution in [3.63, 3.8) is 0 Å². The minimum Gasteiger partial charge on any atom is -0.338 e. The van der Waals surface area contributed by atoms with Crippen molar-refractivity contribution in [1.29, 1.82) is 0 Å². The van der Waals surface area contributed by atoms with Crippen molar-refractivity contribution in [1.82, 2.24) is 4.90 Å². The number of thioether (sulfide) groups is 1. The molecule has 134 valence electrons. The van der Waals surface area contributed by atoms with Gasteiger partial charge in [0.1, 0.15) is 0 Å². The van der Waals surface area contributed by atoms with Gasteiger partial charge >= 0.3 is 0 Å². The summed E-state index contributed by atoms with van der Waals surface area (Å²) >= 11 is 7.28. The van der Waals surface area contributed by atoms with E-state index in [2.05, 4.69) is 0 Å². The minimum absolute atomic E-state index is 0.0250. The quantitative estimate of drug-likeness (QED) is 0.757. The number of sulfonamides is 1. The maximum Gasteiger partial charge on any atom is 0.238 e. The largest absolute Gasteiger partial charge is 0.338 e. The summed E-state index contributed by atoms with van der Waals surface area (Å²) in [4.78, 5) is 15.0. The third kappa shape index (κ3) is 5.47. The Labute approximate surface area is 157 Å². The molecule has 0 radical (unpaired) electrons. The zero-order valence-electron chi connectivity index (χ0n) is 13.8. The molecule has 0 aliphatic rings. The van der Waals surface area contributed by atoms with Crippen LogP contribution in [0.4, 0.5) is 0 Å². The molecular formula is C17H19ClN2O3S2. The van der Waals surface area contributed by atoms with Crippen LogP contribution in [0.15, 0.2) is 58.3 Å². The normalized spacial score (nSPS) is 12.6. The third-order valence-corrected chi connectivity index (χ3v) is 6.02. The van der Waals surface area contributed by atoms with Gasteiger partial charge in [0.05, 0.1) is 16.7 Å². The molecule has 25 heavy (non-hydrogen) atoms. The lowest BCUT2D eigenvalue weighted by Gasteiger charge is -2.25. The Balaban J connectivity index is 1.99. The van der Waals surface area contributed by atoms with Crippen LogP contribution in [0.1, 0.15) is 18.5 Å². The molecule has 8 heteroatoms. The minimum atomic E-state index is -3.72. The smallest absolute Gasteiger partial charge is 0.238 e. The number of carbonyl (C=O) groups is 1. The van der Waals surface area contributed by atoms with Gasteiger partial charge in [-0.05, 0) is 48.9 Å². The molecule has 2 N–H and O–H groups in total. The van der Waals surface area contributed by atoms with Crippen LogP contribution in [0.25, 0.3) is 0 Å². The molecule has 0 fully saturated rings. The van der Waals surface area contributed by atoms with E-state index in [9.17, 15) is 13.2 Å². The lowest BCUT2D eigenvalue weighted by molar-refractivity contribution is -0.128. The number of primary sulfonamides is 1. The summed E-state index contributed by atoms with van der Waals surface area (Å²) < 4.78 is 22.6. The molecule has 2 aromatic rings. The second kappa shape index (κ2) is 8.23. The SMILES string of the molecule is CC(c1ccc(S(N)(=O)=O)cc1)N(C)C(=O)CSc1ccc(Cl)cc1. The second-order valence-corrected chi connectivity index (χ2v) is 8.58.